The third kappa shape index (κ3) is 12.3. The zero-order chi connectivity index (χ0) is 39.1. The van der Waals surface area contributed by atoms with E-state index in [1.807, 2.05) is 37.3 Å². The van der Waals surface area contributed by atoms with Gasteiger partial charge in [-0.3, -0.25) is 19.2 Å². The van der Waals surface area contributed by atoms with E-state index in [1.54, 1.807) is 34.6 Å². The molecule has 0 radical (unpaired) electrons. The van der Waals surface area contributed by atoms with Crippen LogP contribution in [0.1, 0.15) is 118 Å². The number of aliphatic hydroxyl groups is 1. The number of likely N-dealkylation sites (tertiary alicyclic amines) is 1. The van der Waals surface area contributed by atoms with Gasteiger partial charge >= 0.3 is 12.0 Å². The number of amides is 5. The number of nitrogens with one attached hydrogen (secondary N) is 4. The normalized spacial score (nSPS) is 21.8. The van der Waals surface area contributed by atoms with Crippen LogP contribution in [0.3, 0.4) is 0 Å². The van der Waals surface area contributed by atoms with Crippen LogP contribution in [0.25, 0.3) is 0 Å². The smallest absolute Gasteiger partial charge is 0.328 e. The Labute approximate surface area is 314 Å². The Morgan fingerprint density at radius 3 is 2.15 bits per heavy atom. The van der Waals surface area contributed by atoms with Crippen molar-refractivity contribution in [3.05, 3.63) is 35.9 Å². The van der Waals surface area contributed by atoms with E-state index in [9.17, 15) is 33.9 Å². The Kier molecular flexibility index (Phi) is 13.7. The van der Waals surface area contributed by atoms with E-state index in [1.165, 1.54) is 11.8 Å². The minimum absolute atomic E-state index is 0.158. The Balaban J connectivity index is 1.57. The standard InChI is InChI=1S/C40H61N5O8/c1-25(36(50)53-38(2,3)4)42-37(51)44-32(40(7)19-12-9-13-20-40)35(49)45-21-18-28(23-39(5,6)52)30(45)33(47)43-29(22-26-16-17-26)31(46)34(48)41-24-27-14-10-8-11-15-27/h8,10-11,14-15,25-26,28-30,32,52H,9,12-13,16-24H2,1-7H3,(H,41,48)(H,43,47)(H2,42,44,51). The molecule has 5 unspecified atom stereocenters. The number of esters is 1. The third-order valence-electron chi connectivity index (χ3n) is 10.6. The number of ether oxygens (including phenoxy) is 1. The summed E-state index contributed by atoms with van der Waals surface area (Å²) < 4.78 is 5.42. The van der Waals surface area contributed by atoms with E-state index in [4.69, 9.17) is 4.74 Å². The van der Waals surface area contributed by atoms with Gasteiger partial charge in [0.25, 0.3) is 5.91 Å². The number of ketones is 1. The number of nitrogens with zero attached hydrogens (tertiary/aromatic N) is 1. The molecule has 0 aromatic heterocycles. The van der Waals surface area contributed by atoms with E-state index in [0.29, 0.717) is 25.7 Å². The summed E-state index contributed by atoms with van der Waals surface area (Å²) >= 11 is 0. The number of benzene rings is 1. The van der Waals surface area contributed by atoms with Gasteiger partial charge in [-0.05, 0) is 96.5 Å². The fourth-order valence-electron chi connectivity index (χ4n) is 7.68. The molecular formula is C40H61N5O8. The van der Waals surface area contributed by atoms with Crippen molar-refractivity contribution in [3.63, 3.8) is 0 Å². The fraction of sp³-hybridized carbons (Fsp3) is 0.700. The van der Waals surface area contributed by atoms with Crippen molar-refractivity contribution in [2.45, 2.75) is 155 Å². The molecule has 1 aliphatic heterocycles. The van der Waals surface area contributed by atoms with Crippen molar-refractivity contribution in [3.8, 4) is 0 Å². The van der Waals surface area contributed by atoms with Gasteiger partial charge in [-0.25, -0.2) is 9.59 Å². The van der Waals surface area contributed by atoms with Crippen LogP contribution >= 0.6 is 0 Å². The number of carbonyl (C=O) groups excluding carboxylic acids is 6. The fourth-order valence-corrected chi connectivity index (χ4v) is 7.68. The molecule has 13 heteroatoms. The highest BCUT2D eigenvalue weighted by atomic mass is 16.6. The lowest BCUT2D eigenvalue weighted by molar-refractivity contribution is -0.156. The maximum Gasteiger partial charge on any atom is 0.328 e. The van der Waals surface area contributed by atoms with E-state index in [2.05, 4.69) is 21.3 Å². The predicted octanol–water partition coefficient (Wildman–Crippen LogP) is 3.90. The van der Waals surface area contributed by atoms with Crippen LogP contribution in [0.5, 0.6) is 0 Å². The molecule has 4 rings (SSSR count). The molecule has 1 heterocycles. The molecule has 53 heavy (non-hydrogen) atoms. The molecule has 0 bridgehead atoms. The summed E-state index contributed by atoms with van der Waals surface area (Å²) in [7, 11) is 0. The predicted molar refractivity (Wildman–Crippen MR) is 199 cm³/mol. The molecule has 1 saturated heterocycles. The number of hydrogen-bond donors (Lipinski definition) is 5. The maximum absolute atomic E-state index is 14.8. The van der Waals surface area contributed by atoms with Gasteiger partial charge in [0.2, 0.25) is 17.6 Å². The topological polar surface area (TPSA) is 183 Å². The number of Topliss-reactive ketones (excluding diaryl/α,β-unsaturated/α-hetero) is 1. The molecule has 2 saturated carbocycles. The van der Waals surface area contributed by atoms with Gasteiger partial charge in [-0.2, -0.15) is 0 Å². The van der Waals surface area contributed by atoms with E-state index >= 15 is 0 Å². The molecule has 5 atom stereocenters. The lowest BCUT2D eigenvalue weighted by atomic mass is 9.70. The van der Waals surface area contributed by atoms with Gasteiger partial charge in [-0.15, -0.1) is 0 Å². The van der Waals surface area contributed by atoms with Gasteiger partial charge in [0.05, 0.1) is 11.6 Å². The second kappa shape index (κ2) is 17.4. The molecule has 13 nitrogen and oxygen atoms in total. The largest absolute Gasteiger partial charge is 0.458 e. The van der Waals surface area contributed by atoms with Gasteiger partial charge in [0.1, 0.15) is 23.7 Å². The van der Waals surface area contributed by atoms with Crippen LogP contribution in [0.4, 0.5) is 4.79 Å². The minimum atomic E-state index is -1.16. The van der Waals surface area contributed by atoms with Crippen molar-refractivity contribution >= 4 is 35.5 Å². The molecule has 2 aliphatic carbocycles. The molecule has 0 spiro atoms. The lowest BCUT2D eigenvalue weighted by Gasteiger charge is -2.42. The third-order valence-corrected chi connectivity index (χ3v) is 10.6. The highest BCUT2D eigenvalue weighted by Gasteiger charge is 2.50. The van der Waals surface area contributed by atoms with Crippen molar-refractivity contribution in [1.82, 2.24) is 26.2 Å². The molecule has 3 aliphatic rings. The van der Waals surface area contributed by atoms with Crippen molar-refractivity contribution in [2.75, 3.05) is 6.54 Å². The van der Waals surface area contributed by atoms with Crippen LogP contribution in [0.2, 0.25) is 0 Å². The number of carbonyl (C=O) groups is 6. The first kappa shape index (κ1) is 41.8. The molecule has 3 fully saturated rings. The van der Waals surface area contributed by atoms with Gasteiger partial charge in [0.15, 0.2) is 0 Å². The molecule has 5 N–H and O–H groups in total. The van der Waals surface area contributed by atoms with E-state index in [-0.39, 0.29) is 25.4 Å². The highest BCUT2D eigenvalue weighted by Crippen LogP contribution is 2.41. The summed E-state index contributed by atoms with van der Waals surface area (Å²) in [5, 5.41) is 21.9. The SMILES string of the molecule is CC(NC(=O)NC(C(=O)N1CCC(CC(C)(C)O)C1C(=O)NC(CC1CC1)C(=O)C(=O)NCc1ccccc1)C1(C)CCCCC1)C(=O)OC(C)(C)C. The molecule has 1 aromatic rings. The monoisotopic (exact) mass is 739 g/mol. The van der Waals surface area contributed by atoms with Gasteiger partial charge < -0.3 is 36.0 Å². The van der Waals surface area contributed by atoms with Crippen LogP contribution in [-0.2, 0) is 35.3 Å². The second-order valence-electron chi connectivity index (χ2n) is 17.3. The highest BCUT2D eigenvalue weighted by molar-refractivity contribution is 6.38. The number of hydrogen-bond acceptors (Lipinski definition) is 8. The van der Waals surface area contributed by atoms with Crippen LogP contribution < -0.4 is 21.3 Å². The van der Waals surface area contributed by atoms with E-state index in [0.717, 1.165) is 37.7 Å². The second-order valence-corrected chi connectivity index (χ2v) is 17.3. The summed E-state index contributed by atoms with van der Waals surface area (Å²) in [5.41, 5.74) is -1.73. The first-order valence-corrected chi connectivity index (χ1v) is 19.3. The average molecular weight is 740 g/mol. The molecular weight excluding hydrogens is 678 g/mol. The molecule has 294 valence electrons. The minimum Gasteiger partial charge on any atom is -0.458 e. The Morgan fingerprint density at radius 1 is 0.925 bits per heavy atom. The van der Waals surface area contributed by atoms with Crippen molar-refractivity contribution < 1.29 is 38.6 Å². The average Bonchev–Trinajstić information content (AvgIpc) is 3.80. The Morgan fingerprint density at radius 2 is 1.57 bits per heavy atom. The van der Waals surface area contributed by atoms with Crippen molar-refractivity contribution in [2.24, 2.45) is 17.3 Å². The Hall–Kier alpha value is -4.00. The summed E-state index contributed by atoms with van der Waals surface area (Å²) in [6, 6.07) is 4.33. The summed E-state index contributed by atoms with van der Waals surface area (Å²) in [5.74, 6) is -3.44. The van der Waals surface area contributed by atoms with Crippen molar-refractivity contribution in [1.29, 1.82) is 0 Å². The number of rotatable bonds is 15. The first-order chi connectivity index (χ1) is 24.8. The lowest BCUT2D eigenvalue weighted by Crippen LogP contribution is -2.62. The van der Waals surface area contributed by atoms with E-state index < -0.39 is 82.2 Å². The quantitative estimate of drug-likeness (QED) is 0.133. The Bertz CT molecular complexity index is 1480. The maximum atomic E-state index is 14.8. The zero-order valence-electron chi connectivity index (χ0n) is 32.6. The zero-order valence-corrected chi connectivity index (χ0v) is 32.6. The molecule has 1 aromatic carbocycles. The van der Waals surface area contributed by atoms with Gasteiger partial charge in [0, 0.05) is 13.1 Å². The van der Waals surface area contributed by atoms with Gasteiger partial charge in [-0.1, -0.05) is 69.4 Å². The molecule has 5 amide bonds. The first-order valence-electron chi connectivity index (χ1n) is 19.3. The number of urea groups is 1. The summed E-state index contributed by atoms with van der Waals surface area (Å²) in [6.45, 7) is 12.3. The summed E-state index contributed by atoms with van der Waals surface area (Å²) in [4.78, 5) is 83.4. The van der Waals surface area contributed by atoms with Crippen LogP contribution in [-0.4, -0.2) is 87.4 Å². The van der Waals surface area contributed by atoms with Crippen LogP contribution in [0.15, 0.2) is 30.3 Å². The van der Waals surface area contributed by atoms with Crippen LogP contribution in [0, 0.1) is 17.3 Å². The summed E-state index contributed by atoms with van der Waals surface area (Å²) in [6.07, 6.45) is 6.75.